The maximum Gasteiger partial charge on any atom is 0.0271 e. The Kier molecular flexibility index (Phi) is 6.48. The monoisotopic (exact) mass is 275 g/mol. The second-order valence-corrected chi connectivity index (χ2v) is 5.99. The molecule has 1 fully saturated rings. The lowest BCUT2D eigenvalue weighted by Gasteiger charge is -2.36. The second-order valence-electron chi connectivity index (χ2n) is 5.99. The van der Waals surface area contributed by atoms with Crippen LogP contribution in [0.4, 0.5) is 0 Å². The number of rotatable bonds is 5. The van der Waals surface area contributed by atoms with E-state index in [0.717, 1.165) is 13.1 Å². The topological polar surface area (TPSA) is 28.2 Å². The molecule has 0 aromatic carbocycles. The highest BCUT2D eigenvalue weighted by Crippen LogP contribution is 2.22. The Morgan fingerprint density at radius 1 is 1.15 bits per heavy atom. The Labute approximate surface area is 123 Å². The summed E-state index contributed by atoms with van der Waals surface area (Å²) < 4.78 is 0. The maximum absolute atomic E-state index is 4.11. The first kappa shape index (κ1) is 15.5. The van der Waals surface area contributed by atoms with E-state index in [1.807, 2.05) is 12.4 Å². The minimum absolute atomic E-state index is 0.645. The third-order valence-electron chi connectivity index (χ3n) is 4.44. The zero-order valence-electron chi connectivity index (χ0n) is 13.0. The predicted molar refractivity (Wildman–Crippen MR) is 84.7 cm³/mol. The Hall–Kier alpha value is -0.930. The van der Waals surface area contributed by atoms with Gasteiger partial charge in [0.1, 0.15) is 0 Å². The predicted octanol–water partition coefficient (Wildman–Crippen LogP) is 3.21. The first-order valence-corrected chi connectivity index (χ1v) is 8.13. The first-order valence-electron chi connectivity index (χ1n) is 8.13. The van der Waals surface area contributed by atoms with E-state index in [2.05, 4.69) is 41.3 Å². The van der Waals surface area contributed by atoms with Crippen molar-refractivity contribution in [2.75, 3.05) is 13.6 Å². The molecule has 1 aliphatic rings. The van der Waals surface area contributed by atoms with Crippen LogP contribution < -0.4 is 5.32 Å². The molecule has 112 valence electrons. The van der Waals surface area contributed by atoms with Crippen LogP contribution in [-0.2, 0) is 6.54 Å². The molecule has 20 heavy (non-hydrogen) atoms. The van der Waals surface area contributed by atoms with Gasteiger partial charge in [0.25, 0.3) is 0 Å². The van der Waals surface area contributed by atoms with Crippen LogP contribution in [0.25, 0.3) is 0 Å². The Morgan fingerprint density at radius 2 is 1.85 bits per heavy atom. The van der Waals surface area contributed by atoms with Gasteiger partial charge in [0.05, 0.1) is 0 Å². The van der Waals surface area contributed by atoms with Gasteiger partial charge < -0.3 is 5.32 Å². The fourth-order valence-corrected chi connectivity index (χ4v) is 3.39. The molecular weight excluding hydrogens is 246 g/mol. The van der Waals surface area contributed by atoms with Crippen LogP contribution in [0.3, 0.4) is 0 Å². The normalized spacial score (nSPS) is 24.4. The van der Waals surface area contributed by atoms with Crippen molar-refractivity contribution in [1.82, 2.24) is 15.2 Å². The molecule has 1 aromatic heterocycles. The van der Waals surface area contributed by atoms with Crippen molar-refractivity contribution >= 4 is 0 Å². The molecule has 0 bridgehead atoms. The van der Waals surface area contributed by atoms with Crippen LogP contribution in [0.5, 0.6) is 0 Å². The summed E-state index contributed by atoms with van der Waals surface area (Å²) in [7, 11) is 2.27. The van der Waals surface area contributed by atoms with E-state index in [1.54, 1.807) is 0 Å². The standard InChI is InChI=1S/C17H29N3/c1-3-19-16-8-6-4-5-7-9-17(16)20(2)14-15-10-12-18-13-11-15/h10-13,16-17,19H,3-9,14H2,1-2H3. The largest absolute Gasteiger partial charge is 0.313 e. The first-order chi connectivity index (χ1) is 9.81. The molecule has 1 aromatic rings. The highest BCUT2D eigenvalue weighted by atomic mass is 15.2. The summed E-state index contributed by atoms with van der Waals surface area (Å²) >= 11 is 0. The van der Waals surface area contributed by atoms with Crippen molar-refractivity contribution in [2.24, 2.45) is 0 Å². The fourth-order valence-electron chi connectivity index (χ4n) is 3.39. The molecule has 2 unspecified atom stereocenters. The van der Waals surface area contributed by atoms with Gasteiger partial charge >= 0.3 is 0 Å². The van der Waals surface area contributed by atoms with Crippen LogP contribution in [0.1, 0.15) is 51.0 Å². The molecule has 2 rings (SSSR count). The second kappa shape index (κ2) is 8.38. The lowest BCUT2D eigenvalue weighted by molar-refractivity contribution is 0.157. The number of pyridine rings is 1. The van der Waals surface area contributed by atoms with Crippen molar-refractivity contribution in [3.05, 3.63) is 30.1 Å². The average Bonchev–Trinajstić information content (AvgIpc) is 2.43. The molecule has 0 aliphatic heterocycles. The Morgan fingerprint density at radius 3 is 2.55 bits per heavy atom. The van der Waals surface area contributed by atoms with Gasteiger partial charge in [-0.15, -0.1) is 0 Å². The quantitative estimate of drug-likeness (QED) is 0.894. The molecule has 0 radical (unpaired) electrons. The van der Waals surface area contributed by atoms with Gasteiger partial charge in [0.2, 0.25) is 0 Å². The van der Waals surface area contributed by atoms with Gasteiger partial charge in [-0.1, -0.05) is 32.6 Å². The van der Waals surface area contributed by atoms with Gasteiger partial charge in [0.15, 0.2) is 0 Å². The van der Waals surface area contributed by atoms with Gasteiger partial charge in [-0.3, -0.25) is 9.88 Å². The summed E-state index contributed by atoms with van der Waals surface area (Å²) in [5.41, 5.74) is 1.36. The third kappa shape index (κ3) is 4.57. The van der Waals surface area contributed by atoms with Crippen LogP contribution in [0.15, 0.2) is 24.5 Å². The highest BCUT2D eigenvalue weighted by molar-refractivity contribution is 5.09. The van der Waals surface area contributed by atoms with Crippen LogP contribution in [-0.4, -0.2) is 35.6 Å². The molecule has 3 heteroatoms. The van der Waals surface area contributed by atoms with Crippen molar-refractivity contribution in [2.45, 2.75) is 64.1 Å². The lowest BCUT2D eigenvalue weighted by atomic mass is 9.91. The summed E-state index contributed by atoms with van der Waals surface area (Å²) in [6.45, 7) is 4.32. The molecule has 2 atom stereocenters. The zero-order chi connectivity index (χ0) is 14.2. The molecule has 3 nitrogen and oxygen atoms in total. The fraction of sp³-hybridized carbons (Fsp3) is 0.706. The van der Waals surface area contributed by atoms with E-state index in [4.69, 9.17) is 0 Å². The number of hydrogen-bond donors (Lipinski definition) is 1. The van der Waals surface area contributed by atoms with Crippen LogP contribution in [0, 0.1) is 0 Å². The summed E-state index contributed by atoms with van der Waals surface area (Å²) in [6, 6.07) is 5.55. The third-order valence-corrected chi connectivity index (χ3v) is 4.44. The highest BCUT2D eigenvalue weighted by Gasteiger charge is 2.25. The van der Waals surface area contributed by atoms with E-state index >= 15 is 0 Å². The summed E-state index contributed by atoms with van der Waals surface area (Å²) in [4.78, 5) is 6.64. The van der Waals surface area contributed by atoms with E-state index in [1.165, 1.54) is 44.1 Å². The summed E-state index contributed by atoms with van der Waals surface area (Å²) in [5, 5.41) is 3.71. The van der Waals surface area contributed by atoms with Crippen molar-refractivity contribution in [3.8, 4) is 0 Å². The van der Waals surface area contributed by atoms with E-state index < -0.39 is 0 Å². The molecule has 0 saturated heterocycles. The number of nitrogens with zero attached hydrogens (tertiary/aromatic N) is 2. The van der Waals surface area contributed by atoms with E-state index in [-0.39, 0.29) is 0 Å². The number of hydrogen-bond acceptors (Lipinski definition) is 3. The number of nitrogens with one attached hydrogen (secondary N) is 1. The molecule has 1 heterocycles. The summed E-state index contributed by atoms with van der Waals surface area (Å²) in [5.74, 6) is 0. The maximum atomic E-state index is 4.11. The van der Waals surface area contributed by atoms with Crippen LogP contribution >= 0.6 is 0 Å². The average molecular weight is 275 g/mol. The minimum Gasteiger partial charge on any atom is -0.313 e. The molecule has 1 saturated carbocycles. The zero-order valence-corrected chi connectivity index (χ0v) is 13.0. The smallest absolute Gasteiger partial charge is 0.0271 e. The van der Waals surface area contributed by atoms with Gasteiger partial charge in [0, 0.05) is 31.0 Å². The van der Waals surface area contributed by atoms with Crippen molar-refractivity contribution in [3.63, 3.8) is 0 Å². The molecule has 0 spiro atoms. The van der Waals surface area contributed by atoms with Crippen LogP contribution in [0.2, 0.25) is 0 Å². The Bertz CT molecular complexity index is 366. The molecule has 0 amide bonds. The van der Waals surface area contributed by atoms with Gasteiger partial charge in [-0.25, -0.2) is 0 Å². The van der Waals surface area contributed by atoms with Gasteiger partial charge in [-0.2, -0.15) is 0 Å². The van der Waals surface area contributed by atoms with Crippen molar-refractivity contribution < 1.29 is 0 Å². The molecule has 1 aliphatic carbocycles. The van der Waals surface area contributed by atoms with E-state index in [0.29, 0.717) is 12.1 Å². The molecular formula is C17H29N3. The molecule has 1 N–H and O–H groups in total. The number of likely N-dealkylation sites (N-methyl/N-ethyl adjacent to an activating group) is 2. The summed E-state index contributed by atoms with van der Waals surface area (Å²) in [6.07, 6.45) is 12.0. The SMILES string of the molecule is CCNC1CCCCCCC1N(C)Cc1ccncc1. The van der Waals surface area contributed by atoms with Gasteiger partial charge in [-0.05, 0) is 44.1 Å². The lowest BCUT2D eigenvalue weighted by Crippen LogP contribution is -2.48. The number of aromatic nitrogens is 1. The van der Waals surface area contributed by atoms with Crippen molar-refractivity contribution in [1.29, 1.82) is 0 Å². The Balaban J connectivity index is 2.00. The van der Waals surface area contributed by atoms with E-state index in [9.17, 15) is 0 Å². The minimum atomic E-state index is 0.645.